The van der Waals surface area contributed by atoms with Gasteiger partial charge in [0.1, 0.15) is 0 Å². The summed E-state index contributed by atoms with van der Waals surface area (Å²) >= 11 is 0. The van der Waals surface area contributed by atoms with Crippen LogP contribution in [0.2, 0.25) is 0 Å². The van der Waals surface area contributed by atoms with E-state index in [1.165, 1.54) is 30.4 Å². The second kappa shape index (κ2) is 7.45. The van der Waals surface area contributed by atoms with Crippen molar-refractivity contribution < 1.29 is 8.42 Å². The second-order valence-electron chi connectivity index (χ2n) is 6.68. The first-order valence-electron chi connectivity index (χ1n) is 8.42. The molecule has 1 saturated heterocycles. The zero-order valence-electron chi connectivity index (χ0n) is 14.1. The maximum Gasteiger partial charge on any atom is 0.175 e. The molecule has 1 aliphatic rings. The van der Waals surface area contributed by atoms with Crippen molar-refractivity contribution >= 4 is 9.84 Å². The van der Waals surface area contributed by atoms with Gasteiger partial charge in [0.2, 0.25) is 0 Å². The summed E-state index contributed by atoms with van der Waals surface area (Å²) in [6.45, 7) is 3.06. The van der Waals surface area contributed by atoms with Gasteiger partial charge >= 0.3 is 0 Å². The van der Waals surface area contributed by atoms with Crippen LogP contribution >= 0.6 is 0 Å². The third-order valence-electron chi connectivity index (χ3n) is 4.58. The highest BCUT2D eigenvalue weighted by atomic mass is 32.2. The fourth-order valence-electron chi connectivity index (χ4n) is 3.38. The number of nitrogens with zero attached hydrogens (tertiary/aromatic N) is 2. The minimum absolute atomic E-state index is 0.387. The van der Waals surface area contributed by atoms with Crippen LogP contribution in [0.3, 0.4) is 0 Å². The largest absolute Gasteiger partial charge is 0.299 e. The molecule has 1 aromatic carbocycles. The maximum absolute atomic E-state index is 11.5. The monoisotopic (exact) mass is 344 g/mol. The van der Waals surface area contributed by atoms with Crippen molar-refractivity contribution in [1.29, 1.82) is 0 Å². The molecule has 0 bridgehead atoms. The van der Waals surface area contributed by atoms with E-state index in [9.17, 15) is 8.42 Å². The maximum atomic E-state index is 11.5. The van der Waals surface area contributed by atoms with Crippen LogP contribution in [0, 0.1) is 5.92 Å². The molecular weight excluding hydrogens is 320 g/mol. The molecule has 5 heteroatoms. The summed E-state index contributed by atoms with van der Waals surface area (Å²) in [6, 6.07) is 13.4. The number of likely N-dealkylation sites (tertiary alicyclic amines) is 1. The Morgan fingerprint density at radius 2 is 1.96 bits per heavy atom. The molecule has 0 aliphatic carbocycles. The van der Waals surface area contributed by atoms with Crippen LogP contribution in [0.1, 0.15) is 24.1 Å². The summed E-state index contributed by atoms with van der Waals surface area (Å²) in [5.41, 5.74) is 2.34. The number of hydrogen-bond acceptors (Lipinski definition) is 4. The van der Waals surface area contributed by atoms with Gasteiger partial charge in [-0.1, -0.05) is 18.2 Å². The minimum Gasteiger partial charge on any atom is -0.299 e. The van der Waals surface area contributed by atoms with Crippen molar-refractivity contribution in [2.24, 2.45) is 5.92 Å². The lowest BCUT2D eigenvalue weighted by atomic mass is 9.93. The van der Waals surface area contributed by atoms with E-state index < -0.39 is 9.84 Å². The van der Waals surface area contributed by atoms with Gasteiger partial charge in [0.25, 0.3) is 0 Å². The highest BCUT2D eigenvalue weighted by Gasteiger charge is 2.20. The molecule has 1 aliphatic heterocycles. The van der Waals surface area contributed by atoms with E-state index in [2.05, 4.69) is 16.0 Å². The number of benzene rings is 1. The summed E-state index contributed by atoms with van der Waals surface area (Å²) in [7, 11) is -3.12. The lowest BCUT2D eigenvalue weighted by Gasteiger charge is -2.32. The summed E-state index contributed by atoms with van der Waals surface area (Å²) in [6.07, 6.45) is 6.59. The molecular formula is C19H24N2O2S. The van der Waals surface area contributed by atoms with Crippen LogP contribution in [-0.4, -0.2) is 37.6 Å². The predicted molar refractivity (Wildman–Crippen MR) is 95.5 cm³/mol. The Morgan fingerprint density at radius 1 is 1.17 bits per heavy atom. The molecule has 0 saturated carbocycles. The van der Waals surface area contributed by atoms with Crippen molar-refractivity contribution in [3.63, 3.8) is 0 Å². The summed E-state index contributed by atoms with van der Waals surface area (Å²) in [5.74, 6) is 0.643. The van der Waals surface area contributed by atoms with E-state index >= 15 is 0 Å². The number of rotatable bonds is 5. The Labute approximate surface area is 144 Å². The predicted octanol–water partition coefficient (Wildman–Crippen LogP) is 2.94. The van der Waals surface area contributed by atoms with E-state index in [-0.39, 0.29) is 0 Å². The number of aromatic nitrogens is 1. The molecule has 128 valence electrons. The molecule has 1 aromatic heterocycles. The summed E-state index contributed by atoms with van der Waals surface area (Å²) in [5, 5.41) is 0. The van der Waals surface area contributed by atoms with Crippen LogP contribution in [0.25, 0.3) is 0 Å². The van der Waals surface area contributed by atoms with Crippen molar-refractivity contribution in [2.45, 2.75) is 30.7 Å². The minimum atomic E-state index is -3.12. The molecule has 0 N–H and O–H groups in total. The fourth-order valence-corrected chi connectivity index (χ4v) is 4.01. The smallest absolute Gasteiger partial charge is 0.175 e. The lowest BCUT2D eigenvalue weighted by Crippen LogP contribution is -2.35. The standard InChI is InChI=1S/C19H24N2O2S/c1-24(22,23)19-9-7-16(8-10-19)14-21-12-4-5-17(15-21)13-18-6-2-3-11-20-18/h2-3,6-11,17H,4-5,12-15H2,1H3. The van der Waals surface area contributed by atoms with Crippen LogP contribution in [0.4, 0.5) is 0 Å². The van der Waals surface area contributed by atoms with Gasteiger partial charge in [0, 0.05) is 31.2 Å². The van der Waals surface area contributed by atoms with Gasteiger partial charge < -0.3 is 0 Å². The Hall–Kier alpha value is -1.72. The molecule has 3 rings (SSSR count). The van der Waals surface area contributed by atoms with Gasteiger partial charge in [0.05, 0.1) is 4.90 Å². The highest BCUT2D eigenvalue weighted by Crippen LogP contribution is 2.22. The van der Waals surface area contributed by atoms with Gasteiger partial charge in [-0.25, -0.2) is 8.42 Å². The molecule has 2 heterocycles. The topological polar surface area (TPSA) is 50.3 Å². The SMILES string of the molecule is CS(=O)(=O)c1ccc(CN2CCCC(Cc3ccccn3)C2)cc1. The molecule has 1 atom stereocenters. The Morgan fingerprint density at radius 3 is 2.62 bits per heavy atom. The van der Waals surface area contributed by atoms with E-state index in [1.54, 1.807) is 12.1 Å². The third-order valence-corrected chi connectivity index (χ3v) is 5.71. The summed E-state index contributed by atoms with van der Waals surface area (Å²) < 4.78 is 23.1. The molecule has 1 fully saturated rings. The van der Waals surface area contributed by atoms with Gasteiger partial charge in [-0.2, -0.15) is 0 Å². The molecule has 2 aromatic rings. The Bertz CT molecular complexity index is 758. The number of pyridine rings is 1. The van der Waals surface area contributed by atoms with E-state index in [0.29, 0.717) is 10.8 Å². The fraction of sp³-hybridized carbons (Fsp3) is 0.421. The average molecular weight is 344 g/mol. The van der Waals surface area contributed by atoms with Gasteiger partial charge in [-0.15, -0.1) is 0 Å². The van der Waals surface area contributed by atoms with Crippen LogP contribution < -0.4 is 0 Å². The Kier molecular flexibility index (Phi) is 5.31. The van der Waals surface area contributed by atoms with Gasteiger partial charge in [0.15, 0.2) is 9.84 Å². The molecule has 0 spiro atoms. The third kappa shape index (κ3) is 4.65. The van der Waals surface area contributed by atoms with E-state index in [1.807, 2.05) is 30.5 Å². The number of hydrogen-bond donors (Lipinski definition) is 0. The molecule has 0 amide bonds. The molecule has 4 nitrogen and oxygen atoms in total. The molecule has 1 unspecified atom stereocenters. The van der Waals surface area contributed by atoms with Gasteiger partial charge in [-0.05, 0) is 61.6 Å². The van der Waals surface area contributed by atoms with Gasteiger partial charge in [-0.3, -0.25) is 9.88 Å². The first-order chi connectivity index (χ1) is 11.5. The zero-order valence-corrected chi connectivity index (χ0v) is 14.9. The number of sulfone groups is 1. The lowest BCUT2D eigenvalue weighted by molar-refractivity contribution is 0.166. The quantitative estimate of drug-likeness (QED) is 0.837. The highest BCUT2D eigenvalue weighted by molar-refractivity contribution is 7.90. The normalized spacial score (nSPS) is 19.3. The van der Waals surface area contributed by atoms with E-state index in [4.69, 9.17) is 0 Å². The first-order valence-corrected chi connectivity index (χ1v) is 10.3. The van der Waals surface area contributed by atoms with Crippen molar-refractivity contribution in [1.82, 2.24) is 9.88 Å². The van der Waals surface area contributed by atoms with Crippen molar-refractivity contribution in [2.75, 3.05) is 19.3 Å². The average Bonchev–Trinajstić information content (AvgIpc) is 2.56. The van der Waals surface area contributed by atoms with Crippen molar-refractivity contribution in [3.05, 3.63) is 59.9 Å². The molecule has 0 radical (unpaired) electrons. The number of piperidine rings is 1. The molecule has 24 heavy (non-hydrogen) atoms. The van der Waals surface area contributed by atoms with Crippen molar-refractivity contribution in [3.8, 4) is 0 Å². The Balaban J connectivity index is 1.59. The van der Waals surface area contributed by atoms with Crippen LogP contribution in [0.15, 0.2) is 53.6 Å². The zero-order chi connectivity index (χ0) is 17.0. The van der Waals surface area contributed by atoms with Crippen LogP contribution in [0.5, 0.6) is 0 Å². The first kappa shape index (κ1) is 17.1. The second-order valence-corrected chi connectivity index (χ2v) is 8.70. The van der Waals surface area contributed by atoms with Crippen LogP contribution in [-0.2, 0) is 22.8 Å². The van der Waals surface area contributed by atoms with E-state index in [0.717, 1.165) is 26.1 Å². The summed E-state index contributed by atoms with van der Waals surface area (Å²) in [4.78, 5) is 7.29.